The minimum absolute atomic E-state index is 0.000278. The summed E-state index contributed by atoms with van der Waals surface area (Å²) in [5.74, 6) is -0.000556. The number of hydrogen-bond donors (Lipinski definition) is 1. The molecule has 1 saturated heterocycles. The van der Waals surface area contributed by atoms with E-state index in [0.717, 1.165) is 0 Å². The van der Waals surface area contributed by atoms with Crippen LogP contribution in [0.3, 0.4) is 0 Å². The van der Waals surface area contributed by atoms with E-state index >= 15 is 0 Å². The normalized spacial score (nSPS) is 23.5. The number of hydrogen-bond acceptors (Lipinski definition) is 3. The molecule has 0 bridgehead atoms. The molecule has 66 valence electrons. The molecule has 0 aromatic heterocycles. The third kappa shape index (κ3) is 2.70. The summed E-state index contributed by atoms with van der Waals surface area (Å²) in [6.07, 6.45) is -2.40. The summed E-state index contributed by atoms with van der Waals surface area (Å²) < 4.78 is 44.1. The van der Waals surface area contributed by atoms with Gasteiger partial charge in [-0.1, -0.05) is 0 Å². The Hall–Kier alpha value is -0.230. The Bertz CT molecular complexity index is 215. The van der Waals surface area contributed by atoms with Crippen molar-refractivity contribution in [2.75, 3.05) is 18.1 Å². The number of alkyl halides is 2. The van der Waals surface area contributed by atoms with Crippen LogP contribution in [-0.4, -0.2) is 38.9 Å². The summed E-state index contributed by atoms with van der Waals surface area (Å²) >= 11 is 0. The molecule has 3 nitrogen and oxygen atoms in total. The Labute approximate surface area is 63.7 Å². The van der Waals surface area contributed by atoms with Crippen molar-refractivity contribution in [1.82, 2.24) is 5.32 Å². The quantitative estimate of drug-likeness (QED) is 0.653. The molecule has 0 spiro atoms. The first-order valence-electron chi connectivity index (χ1n) is 3.21. The minimum atomic E-state index is -2.89. The Morgan fingerprint density at radius 1 is 1.45 bits per heavy atom. The molecule has 0 saturated carbocycles. The van der Waals surface area contributed by atoms with Gasteiger partial charge >= 0.3 is 0 Å². The second-order valence-corrected chi connectivity index (χ2v) is 4.73. The van der Waals surface area contributed by atoms with E-state index in [0.29, 0.717) is 0 Å². The maximum absolute atomic E-state index is 11.5. The number of rotatable bonds is 3. The summed E-state index contributed by atoms with van der Waals surface area (Å²) in [6, 6.07) is -0.256. The molecular weight excluding hydrogens is 176 g/mol. The van der Waals surface area contributed by atoms with Gasteiger partial charge in [0.15, 0.2) is 9.84 Å². The average molecular weight is 185 g/mol. The molecule has 0 atom stereocenters. The summed E-state index contributed by atoms with van der Waals surface area (Å²) in [7, 11) is -2.89. The van der Waals surface area contributed by atoms with Gasteiger partial charge in [-0.15, -0.1) is 0 Å². The highest BCUT2D eigenvalue weighted by molar-refractivity contribution is 7.92. The lowest BCUT2D eigenvalue weighted by molar-refractivity contribution is 0.142. The largest absolute Gasteiger partial charge is 0.307 e. The van der Waals surface area contributed by atoms with Crippen molar-refractivity contribution < 1.29 is 17.2 Å². The first-order chi connectivity index (χ1) is 4.99. The lowest BCUT2D eigenvalue weighted by atomic mass is 10.4. The molecule has 11 heavy (non-hydrogen) atoms. The molecule has 1 fully saturated rings. The van der Waals surface area contributed by atoms with Crippen molar-refractivity contribution >= 4 is 9.84 Å². The second kappa shape index (κ2) is 3.02. The standard InChI is InChI=1S/C5H9F2NO2S/c6-5(7)1-8-4-2-11(9,10)3-4/h4-5,8H,1-3H2. The van der Waals surface area contributed by atoms with Crippen LogP contribution in [0.15, 0.2) is 0 Å². The SMILES string of the molecule is O=S1(=O)CC(NCC(F)F)C1. The summed E-state index contributed by atoms with van der Waals surface area (Å²) in [5.41, 5.74) is 0. The van der Waals surface area contributed by atoms with Crippen LogP contribution in [0.2, 0.25) is 0 Å². The highest BCUT2D eigenvalue weighted by Gasteiger charge is 2.32. The molecule has 1 rings (SSSR count). The first-order valence-corrected chi connectivity index (χ1v) is 5.04. The maximum Gasteiger partial charge on any atom is 0.250 e. The van der Waals surface area contributed by atoms with E-state index < -0.39 is 22.8 Å². The average Bonchev–Trinajstić information content (AvgIpc) is 1.78. The zero-order valence-electron chi connectivity index (χ0n) is 5.76. The van der Waals surface area contributed by atoms with Crippen molar-refractivity contribution in [2.24, 2.45) is 0 Å². The van der Waals surface area contributed by atoms with Gasteiger partial charge in [-0.3, -0.25) is 0 Å². The molecule has 0 amide bonds. The zero-order valence-corrected chi connectivity index (χ0v) is 6.57. The molecule has 1 heterocycles. The van der Waals surface area contributed by atoms with E-state index in [-0.39, 0.29) is 17.5 Å². The Balaban J connectivity index is 2.14. The van der Waals surface area contributed by atoms with E-state index in [9.17, 15) is 17.2 Å². The van der Waals surface area contributed by atoms with Gasteiger partial charge in [-0.25, -0.2) is 17.2 Å². The fourth-order valence-electron chi connectivity index (χ4n) is 0.938. The zero-order chi connectivity index (χ0) is 8.48. The van der Waals surface area contributed by atoms with Crippen molar-refractivity contribution in [3.63, 3.8) is 0 Å². The Morgan fingerprint density at radius 3 is 2.36 bits per heavy atom. The van der Waals surface area contributed by atoms with Crippen LogP contribution in [0, 0.1) is 0 Å². The molecular formula is C5H9F2NO2S. The fourth-order valence-corrected chi connectivity index (χ4v) is 2.30. The van der Waals surface area contributed by atoms with Gasteiger partial charge in [0.1, 0.15) is 0 Å². The van der Waals surface area contributed by atoms with Crippen LogP contribution >= 0.6 is 0 Å². The lowest BCUT2D eigenvalue weighted by Crippen LogP contribution is -2.52. The first kappa shape index (κ1) is 8.86. The second-order valence-electron chi connectivity index (χ2n) is 2.57. The van der Waals surface area contributed by atoms with Crippen LogP contribution in [-0.2, 0) is 9.84 Å². The molecule has 0 aliphatic carbocycles. The monoisotopic (exact) mass is 185 g/mol. The van der Waals surface area contributed by atoms with Crippen molar-refractivity contribution in [1.29, 1.82) is 0 Å². The van der Waals surface area contributed by atoms with Gasteiger partial charge < -0.3 is 5.32 Å². The maximum atomic E-state index is 11.5. The molecule has 1 aliphatic rings. The predicted molar refractivity (Wildman–Crippen MR) is 36.4 cm³/mol. The summed E-state index contributed by atoms with van der Waals surface area (Å²) in [6.45, 7) is -0.416. The van der Waals surface area contributed by atoms with Gasteiger partial charge in [0, 0.05) is 6.04 Å². The van der Waals surface area contributed by atoms with Crippen molar-refractivity contribution in [2.45, 2.75) is 12.5 Å². The third-order valence-electron chi connectivity index (χ3n) is 1.47. The predicted octanol–water partition coefficient (Wildman–Crippen LogP) is -0.362. The van der Waals surface area contributed by atoms with Crippen LogP contribution in [0.1, 0.15) is 0 Å². The Kier molecular flexibility index (Phi) is 2.43. The molecule has 0 unspecified atom stereocenters. The van der Waals surface area contributed by atoms with E-state index in [1.54, 1.807) is 0 Å². The van der Waals surface area contributed by atoms with Crippen LogP contribution in [0.5, 0.6) is 0 Å². The molecule has 0 aromatic carbocycles. The van der Waals surface area contributed by atoms with Gasteiger partial charge in [0.25, 0.3) is 6.43 Å². The van der Waals surface area contributed by atoms with Crippen LogP contribution in [0.25, 0.3) is 0 Å². The van der Waals surface area contributed by atoms with Crippen LogP contribution in [0.4, 0.5) is 8.78 Å². The highest BCUT2D eigenvalue weighted by Crippen LogP contribution is 2.09. The third-order valence-corrected chi connectivity index (χ3v) is 3.29. The van der Waals surface area contributed by atoms with E-state index in [1.807, 2.05) is 0 Å². The van der Waals surface area contributed by atoms with E-state index in [1.165, 1.54) is 0 Å². The number of sulfone groups is 1. The summed E-state index contributed by atoms with van der Waals surface area (Å²) in [4.78, 5) is 0. The van der Waals surface area contributed by atoms with E-state index in [4.69, 9.17) is 0 Å². The lowest BCUT2D eigenvalue weighted by Gasteiger charge is -2.26. The number of nitrogens with one attached hydrogen (secondary N) is 1. The van der Waals surface area contributed by atoms with Gasteiger partial charge in [-0.05, 0) is 0 Å². The molecule has 1 aliphatic heterocycles. The Morgan fingerprint density at radius 2 is 2.00 bits per heavy atom. The van der Waals surface area contributed by atoms with Gasteiger partial charge in [0.05, 0.1) is 18.1 Å². The summed E-state index contributed by atoms with van der Waals surface area (Å²) in [5, 5.41) is 2.44. The van der Waals surface area contributed by atoms with Gasteiger partial charge in [-0.2, -0.15) is 0 Å². The number of halogens is 2. The minimum Gasteiger partial charge on any atom is -0.307 e. The van der Waals surface area contributed by atoms with Crippen molar-refractivity contribution in [3.8, 4) is 0 Å². The topological polar surface area (TPSA) is 46.2 Å². The smallest absolute Gasteiger partial charge is 0.250 e. The molecule has 1 N–H and O–H groups in total. The van der Waals surface area contributed by atoms with Crippen LogP contribution < -0.4 is 5.32 Å². The fraction of sp³-hybridized carbons (Fsp3) is 1.00. The van der Waals surface area contributed by atoms with Gasteiger partial charge in [0.2, 0.25) is 0 Å². The van der Waals surface area contributed by atoms with E-state index in [2.05, 4.69) is 5.32 Å². The highest BCUT2D eigenvalue weighted by atomic mass is 32.2. The molecule has 6 heteroatoms. The molecule has 0 radical (unpaired) electrons. The molecule has 0 aromatic rings. The van der Waals surface area contributed by atoms with Crippen molar-refractivity contribution in [3.05, 3.63) is 0 Å².